The van der Waals surface area contributed by atoms with Crippen LogP contribution in [-0.4, -0.2) is 70.5 Å². The van der Waals surface area contributed by atoms with E-state index in [2.05, 4.69) is 25.5 Å². The Morgan fingerprint density at radius 3 is 2.65 bits per heavy atom. The summed E-state index contributed by atoms with van der Waals surface area (Å²) in [5.74, 6) is 3.01. The molecule has 3 heterocycles. The third-order valence-corrected chi connectivity index (χ3v) is 6.97. The maximum atomic E-state index is 13.1. The van der Waals surface area contributed by atoms with Crippen molar-refractivity contribution in [3.8, 4) is 23.0 Å². The van der Waals surface area contributed by atoms with Crippen LogP contribution in [0.2, 0.25) is 0 Å². The molecule has 1 aromatic carbocycles. The van der Waals surface area contributed by atoms with Gasteiger partial charge in [0.1, 0.15) is 11.3 Å². The Kier molecular flexibility index (Phi) is 7.59. The van der Waals surface area contributed by atoms with Crippen molar-refractivity contribution in [1.82, 2.24) is 25.1 Å². The van der Waals surface area contributed by atoms with Crippen molar-refractivity contribution < 1.29 is 23.3 Å². The Bertz CT molecular complexity index is 1200. The summed E-state index contributed by atoms with van der Waals surface area (Å²) in [7, 11) is 1.63. The molecule has 1 saturated heterocycles. The summed E-state index contributed by atoms with van der Waals surface area (Å²) >= 11 is 0. The third-order valence-electron chi connectivity index (χ3n) is 6.97. The van der Waals surface area contributed by atoms with Gasteiger partial charge in [0.2, 0.25) is 0 Å². The molecule has 1 N–H and O–H groups in total. The number of urea groups is 1. The number of hydrogen-bond donors (Lipinski definition) is 1. The van der Waals surface area contributed by atoms with Gasteiger partial charge in [-0.05, 0) is 58.1 Å². The van der Waals surface area contributed by atoms with E-state index in [9.17, 15) is 4.79 Å². The van der Waals surface area contributed by atoms with E-state index in [-0.39, 0.29) is 12.1 Å². The number of ether oxygens (including phenoxy) is 2. The highest BCUT2D eigenvalue weighted by atomic mass is 16.5. The Morgan fingerprint density at radius 2 is 1.89 bits per heavy atom. The fourth-order valence-corrected chi connectivity index (χ4v) is 4.98. The largest absolute Gasteiger partial charge is 0.493 e. The van der Waals surface area contributed by atoms with Gasteiger partial charge >= 0.3 is 6.03 Å². The lowest BCUT2D eigenvalue weighted by Crippen LogP contribution is -2.38. The second kappa shape index (κ2) is 11.2. The van der Waals surface area contributed by atoms with E-state index < -0.39 is 0 Å². The van der Waals surface area contributed by atoms with Crippen molar-refractivity contribution in [2.75, 3.05) is 38.6 Å². The number of aryl methyl sites for hydroxylation is 2. The van der Waals surface area contributed by atoms with Gasteiger partial charge in [0.15, 0.2) is 17.3 Å². The monoisotopic (exact) mass is 510 g/mol. The van der Waals surface area contributed by atoms with E-state index in [1.165, 1.54) is 12.8 Å². The normalized spacial score (nSPS) is 17.1. The zero-order chi connectivity index (χ0) is 25.8. The van der Waals surface area contributed by atoms with Crippen molar-refractivity contribution >= 4 is 11.7 Å². The minimum Gasteiger partial charge on any atom is -0.493 e. The van der Waals surface area contributed by atoms with Gasteiger partial charge in [0.25, 0.3) is 5.89 Å². The molecule has 0 atom stereocenters. The minimum atomic E-state index is -0.126. The van der Waals surface area contributed by atoms with Gasteiger partial charge in [-0.25, -0.2) is 4.79 Å². The summed E-state index contributed by atoms with van der Waals surface area (Å²) < 4.78 is 22.3. The third kappa shape index (κ3) is 5.87. The van der Waals surface area contributed by atoms with Gasteiger partial charge in [0.05, 0.1) is 25.5 Å². The molecule has 198 valence electrons. The van der Waals surface area contributed by atoms with Crippen molar-refractivity contribution in [1.29, 1.82) is 0 Å². The van der Waals surface area contributed by atoms with E-state index in [1.807, 2.05) is 36.9 Å². The van der Waals surface area contributed by atoms with Crippen LogP contribution in [0.15, 0.2) is 27.2 Å². The lowest BCUT2D eigenvalue weighted by Gasteiger charge is -2.22. The van der Waals surface area contributed by atoms with Gasteiger partial charge in [-0.3, -0.25) is 4.90 Å². The smallest absolute Gasteiger partial charge is 0.321 e. The average Bonchev–Trinajstić information content (AvgIpc) is 3.59. The summed E-state index contributed by atoms with van der Waals surface area (Å²) in [5, 5.41) is 11.1. The Labute approximate surface area is 216 Å². The van der Waals surface area contributed by atoms with E-state index in [1.54, 1.807) is 7.11 Å². The van der Waals surface area contributed by atoms with E-state index in [0.717, 1.165) is 37.1 Å². The number of aromatic nitrogens is 3. The Morgan fingerprint density at radius 1 is 1.05 bits per heavy atom. The van der Waals surface area contributed by atoms with Crippen LogP contribution in [0.25, 0.3) is 11.5 Å². The summed E-state index contributed by atoms with van der Waals surface area (Å²) in [5.41, 5.74) is 2.16. The number of amides is 2. The molecule has 0 spiro atoms. The summed E-state index contributed by atoms with van der Waals surface area (Å²) in [4.78, 5) is 21.7. The molecule has 5 rings (SSSR count). The first kappa shape index (κ1) is 25.1. The van der Waals surface area contributed by atoms with Crippen molar-refractivity contribution in [2.45, 2.75) is 58.6 Å². The Hall–Kier alpha value is -3.60. The molecule has 0 radical (unpaired) electrons. The number of nitrogens with one attached hydrogen (secondary N) is 1. The molecule has 2 fully saturated rings. The fraction of sp³-hybridized carbons (Fsp3) is 0.538. The van der Waals surface area contributed by atoms with Crippen LogP contribution in [0.4, 0.5) is 10.5 Å². The molecule has 2 aromatic heterocycles. The summed E-state index contributed by atoms with van der Waals surface area (Å²) in [6.45, 7) is 7.02. The molecular weight excluding hydrogens is 476 g/mol. The van der Waals surface area contributed by atoms with Crippen molar-refractivity contribution in [3.05, 3.63) is 35.5 Å². The maximum Gasteiger partial charge on any atom is 0.321 e. The molecule has 0 bridgehead atoms. The molecule has 2 amide bonds. The predicted molar refractivity (Wildman–Crippen MR) is 136 cm³/mol. The van der Waals surface area contributed by atoms with Crippen molar-refractivity contribution in [2.24, 2.45) is 0 Å². The summed E-state index contributed by atoms with van der Waals surface area (Å²) in [6, 6.07) is 5.41. The molecule has 11 heteroatoms. The number of carbonyl (C=O) groups excluding carboxylic acids is 1. The van der Waals surface area contributed by atoms with Gasteiger partial charge in [-0.1, -0.05) is 10.3 Å². The maximum absolute atomic E-state index is 13.1. The second-order valence-electron chi connectivity index (χ2n) is 9.65. The van der Waals surface area contributed by atoms with Gasteiger partial charge < -0.3 is 28.7 Å². The van der Waals surface area contributed by atoms with Crippen LogP contribution in [0.3, 0.4) is 0 Å². The van der Waals surface area contributed by atoms with Crippen LogP contribution in [0.1, 0.15) is 49.4 Å². The number of benzene rings is 1. The second-order valence-corrected chi connectivity index (χ2v) is 9.65. The number of rotatable bonds is 7. The fourth-order valence-electron chi connectivity index (χ4n) is 4.98. The molecular formula is C26H34N6O5. The van der Waals surface area contributed by atoms with Gasteiger partial charge in [0, 0.05) is 37.9 Å². The average molecular weight is 511 g/mol. The molecule has 0 unspecified atom stereocenters. The molecule has 2 aliphatic rings. The number of methoxy groups -OCH3 is 1. The Balaban J connectivity index is 1.16. The first-order chi connectivity index (χ1) is 18.0. The molecule has 1 saturated carbocycles. The SMILES string of the molecule is COc1ccc(NC(=O)N2CCCN(Cc3noc(-c4c(C)noc4C)n3)CC2)cc1OC1CCCC1. The predicted octanol–water partition coefficient (Wildman–Crippen LogP) is 4.41. The number of carbonyl (C=O) groups is 1. The number of hydrogen-bond acceptors (Lipinski definition) is 9. The van der Waals surface area contributed by atoms with Gasteiger partial charge in [-0.15, -0.1) is 0 Å². The molecule has 37 heavy (non-hydrogen) atoms. The number of nitrogens with zero attached hydrogens (tertiary/aromatic N) is 5. The molecule has 3 aromatic rings. The molecule has 1 aliphatic carbocycles. The highest BCUT2D eigenvalue weighted by molar-refractivity contribution is 5.89. The zero-order valence-electron chi connectivity index (χ0n) is 21.7. The van der Waals surface area contributed by atoms with E-state index in [0.29, 0.717) is 60.8 Å². The van der Waals surface area contributed by atoms with Crippen LogP contribution < -0.4 is 14.8 Å². The molecule has 1 aliphatic heterocycles. The van der Waals surface area contributed by atoms with E-state index in [4.69, 9.17) is 18.5 Å². The minimum absolute atomic E-state index is 0.126. The topological polar surface area (TPSA) is 119 Å². The van der Waals surface area contributed by atoms with Crippen molar-refractivity contribution in [3.63, 3.8) is 0 Å². The van der Waals surface area contributed by atoms with Crippen LogP contribution >= 0.6 is 0 Å². The first-order valence-electron chi connectivity index (χ1n) is 12.9. The van der Waals surface area contributed by atoms with Crippen LogP contribution in [-0.2, 0) is 6.54 Å². The first-order valence-corrected chi connectivity index (χ1v) is 12.9. The molecule has 11 nitrogen and oxygen atoms in total. The van der Waals surface area contributed by atoms with Gasteiger partial charge in [-0.2, -0.15) is 4.98 Å². The standard InChI is InChI=1S/C26H34N6O5/c1-17-24(18(2)36-29-17)25-28-23(30-37-25)16-31-11-6-12-32(14-13-31)26(33)27-19-9-10-21(34-3)22(15-19)35-20-7-4-5-8-20/h9-10,15,20H,4-8,11-14,16H2,1-3H3,(H,27,33). The van der Waals surface area contributed by atoms with Crippen LogP contribution in [0, 0.1) is 13.8 Å². The number of anilines is 1. The van der Waals surface area contributed by atoms with E-state index >= 15 is 0 Å². The highest BCUT2D eigenvalue weighted by Gasteiger charge is 2.23. The zero-order valence-corrected chi connectivity index (χ0v) is 21.7. The lowest BCUT2D eigenvalue weighted by atomic mass is 10.2. The highest BCUT2D eigenvalue weighted by Crippen LogP contribution is 2.34. The van der Waals surface area contributed by atoms with Crippen LogP contribution in [0.5, 0.6) is 11.5 Å². The summed E-state index contributed by atoms with van der Waals surface area (Å²) in [6.07, 6.45) is 5.52. The quantitative estimate of drug-likeness (QED) is 0.493. The lowest BCUT2D eigenvalue weighted by molar-refractivity contribution is 0.201.